The summed E-state index contributed by atoms with van der Waals surface area (Å²) in [6, 6.07) is 0. The number of rotatable bonds is 4. The zero-order chi connectivity index (χ0) is 12.1. The largest absolute Gasteiger partial charge is 0.481 e. The van der Waals surface area contributed by atoms with Gasteiger partial charge in [-0.05, 0) is 12.3 Å². The zero-order valence-corrected chi connectivity index (χ0v) is 10.4. The van der Waals surface area contributed by atoms with Crippen LogP contribution in [0.3, 0.4) is 0 Å². The van der Waals surface area contributed by atoms with Gasteiger partial charge in [0, 0.05) is 13.1 Å². The van der Waals surface area contributed by atoms with Crippen LogP contribution in [0.1, 0.15) is 38.5 Å². The molecule has 2 aliphatic rings. The van der Waals surface area contributed by atoms with Crippen molar-refractivity contribution >= 4 is 5.97 Å². The van der Waals surface area contributed by atoms with Crippen molar-refractivity contribution in [2.75, 3.05) is 19.7 Å². The summed E-state index contributed by atoms with van der Waals surface area (Å²) in [5.74, 6) is -0.425. The summed E-state index contributed by atoms with van der Waals surface area (Å²) >= 11 is 0. The summed E-state index contributed by atoms with van der Waals surface area (Å²) in [6.07, 6.45) is 6.90. The number of ether oxygens (including phenoxy) is 1. The van der Waals surface area contributed by atoms with Gasteiger partial charge < -0.3 is 15.2 Å². The number of aliphatic carboxylic acids is 1. The number of nitrogens with one attached hydrogen (secondary N) is 1. The maximum atomic E-state index is 11.4. The Morgan fingerprint density at radius 1 is 1.35 bits per heavy atom. The van der Waals surface area contributed by atoms with Crippen molar-refractivity contribution in [3.05, 3.63) is 0 Å². The van der Waals surface area contributed by atoms with Crippen LogP contribution in [0.2, 0.25) is 0 Å². The van der Waals surface area contributed by atoms with Crippen molar-refractivity contribution < 1.29 is 14.6 Å². The van der Waals surface area contributed by atoms with E-state index >= 15 is 0 Å². The summed E-state index contributed by atoms with van der Waals surface area (Å²) in [5, 5.41) is 12.6. The third-order valence-electron chi connectivity index (χ3n) is 4.03. The molecule has 98 valence electrons. The average Bonchev–Trinajstić information content (AvgIpc) is 2.38. The Morgan fingerprint density at radius 2 is 2.12 bits per heavy atom. The zero-order valence-electron chi connectivity index (χ0n) is 10.4. The van der Waals surface area contributed by atoms with Gasteiger partial charge >= 0.3 is 5.97 Å². The van der Waals surface area contributed by atoms with Gasteiger partial charge in [0.2, 0.25) is 0 Å². The Balaban J connectivity index is 1.88. The Hall–Kier alpha value is -0.610. The third kappa shape index (κ3) is 3.68. The van der Waals surface area contributed by atoms with Gasteiger partial charge in [-0.2, -0.15) is 0 Å². The van der Waals surface area contributed by atoms with Crippen LogP contribution in [-0.2, 0) is 9.53 Å². The number of hydrogen-bond acceptors (Lipinski definition) is 3. The normalized spacial score (nSPS) is 28.8. The van der Waals surface area contributed by atoms with E-state index in [1.165, 1.54) is 32.1 Å². The summed E-state index contributed by atoms with van der Waals surface area (Å²) in [7, 11) is 0. The van der Waals surface area contributed by atoms with E-state index in [0.29, 0.717) is 19.1 Å². The molecule has 0 aromatic carbocycles. The molecule has 4 nitrogen and oxygen atoms in total. The van der Waals surface area contributed by atoms with E-state index in [2.05, 4.69) is 5.32 Å². The first kappa shape index (κ1) is 12.8. The van der Waals surface area contributed by atoms with Crippen LogP contribution in [0.5, 0.6) is 0 Å². The first-order chi connectivity index (χ1) is 8.27. The minimum absolute atomic E-state index is 0.136. The van der Waals surface area contributed by atoms with Crippen LogP contribution in [0.4, 0.5) is 0 Å². The van der Waals surface area contributed by atoms with E-state index in [0.717, 1.165) is 13.0 Å². The number of hydrogen-bond donors (Lipinski definition) is 2. The van der Waals surface area contributed by atoms with Gasteiger partial charge in [-0.25, -0.2) is 0 Å². The van der Waals surface area contributed by atoms with E-state index < -0.39 is 5.97 Å². The van der Waals surface area contributed by atoms with Crippen molar-refractivity contribution in [2.45, 2.75) is 44.6 Å². The number of carboxylic acid groups (broad SMARTS) is 1. The lowest BCUT2D eigenvalue weighted by Gasteiger charge is -2.32. The summed E-state index contributed by atoms with van der Waals surface area (Å²) in [5.41, 5.74) is 0. The second kappa shape index (κ2) is 6.36. The molecule has 1 aliphatic heterocycles. The molecule has 0 bridgehead atoms. The van der Waals surface area contributed by atoms with Gasteiger partial charge in [0.25, 0.3) is 0 Å². The molecule has 17 heavy (non-hydrogen) atoms. The molecule has 1 heterocycles. The van der Waals surface area contributed by atoms with Crippen molar-refractivity contribution in [3.8, 4) is 0 Å². The molecule has 1 saturated carbocycles. The highest BCUT2D eigenvalue weighted by atomic mass is 16.5. The molecular weight excluding hydrogens is 218 g/mol. The van der Waals surface area contributed by atoms with Crippen LogP contribution in [0.15, 0.2) is 0 Å². The topological polar surface area (TPSA) is 58.6 Å². The molecule has 1 saturated heterocycles. The Bertz CT molecular complexity index is 245. The average molecular weight is 241 g/mol. The number of carbonyl (C=O) groups is 1. The fraction of sp³-hybridized carbons (Fsp3) is 0.923. The standard InChI is InChI=1S/C13H23NO3/c15-13(16)11(12-9-14-6-7-17-12)8-10-4-2-1-3-5-10/h10-12,14H,1-9H2,(H,15,16). The van der Waals surface area contributed by atoms with Crippen LogP contribution in [0, 0.1) is 11.8 Å². The Kier molecular flexibility index (Phi) is 4.80. The predicted molar refractivity (Wildman–Crippen MR) is 64.9 cm³/mol. The molecule has 2 unspecified atom stereocenters. The summed E-state index contributed by atoms with van der Waals surface area (Å²) in [6.45, 7) is 2.16. The maximum absolute atomic E-state index is 11.4. The van der Waals surface area contributed by atoms with Crippen molar-refractivity contribution in [1.29, 1.82) is 0 Å². The molecule has 0 amide bonds. The lowest BCUT2D eigenvalue weighted by atomic mass is 9.81. The first-order valence-corrected chi connectivity index (χ1v) is 6.82. The first-order valence-electron chi connectivity index (χ1n) is 6.82. The lowest BCUT2D eigenvalue weighted by Crippen LogP contribution is -2.45. The van der Waals surface area contributed by atoms with E-state index in [9.17, 15) is 9.90 Å². The summed E-state index contributed by atoms with van der Waals surface area (Å²) < 4.78 is 5.60. The maximum Gasteiger partial charge on any atom is 0.309 e. The van der Waals surface area contributed by atoms with Crippen LogP contribution in [-0.4, -0.2) is 36.9 Å². The molecule has 0 radical (unpaired) electrons. The van der Waals surface area contributed by atoms with Crippen LogP contribution >= 0.6 is 0 Å². The third-order valence-corrected chi connectivity index (χ3v) is 4.03. The van der Waals surface area contributed by atoms with Gasteiger partial charge in [0.15, 0.2) is 0 Å². The Morgan fingerprint density at radius 3 is 2.71 bits per heavy atom. The Labute approximate surface area is 103 Å². The minimum atomic E-state index is -0.690. The molecule has 0 spiro atoms. The monoisotopic (exact) mass is 241 g/mol. The van der Waals surface area contributed by atoms with E-state index in [1.54, 1.807) is 0 Å². The van der Waals surface area contributed by atoms with Gasteiger partial charge in [-0.3, -0.25) is 4.79 Å². The smallest absolute Gasteiger partial charge is 0.309 e. The molecule has 2 atom stereocenters. The molecular formula is C13H23NO3. The molecule has 2 rings (SSSR count). The van der Waals surface area contributed by atoms with Crippen molar-refractivity contribution in [2.24, 2.45) is 11.8 Å². The molecule has 2 N–H and O–H groups in total. The fourth-order valence-electron chi connectivity index (χ4n) is 3.04. The van der Waals surface area contributed by atoms with E-state index in [4.69, 9.17) is 4.74 Å². The second-order valence-electron chi connectivity index (χ2n) is 5.30. The fourth-order valence-corrected chi connectivity index (χ4v) is 3.04. The SMILES string of the molecule is O=C(O)C(CC1CCCCC1)C1CNCCO1. The van der Waals surface area contributed by atoms with Crippen LogP contribution < -0.4 is 5.32 Å². The van der Waals surface area contributed by atoms with Gasteiger partial charge in [-0.15, -0.1) is 0 Å². The number of carboxylic acids is 1. The second-order valence-corrected chi connectivity index (χ2v) is 5.30. The molecule has 1 aliphatic carbocycles. The predicted octanol–water partition coefficient (Wildman–Crippen LogP) is 1.65. The van der Waals surface area contributed by atoms with Crippen molar-refractivity contribution in [3.63, 3.8) is 0 Å². The lowest BCUT2D eigenvalue weighted by molar-refractivity contribution is -0.149. The molecule has 0 aromatic heterocycles. The van der Waals surface area contributed by atoms with Gasteiger partial charge in [0.1, 0.15) is 0 Å². The highest BCUT2D eigenvalue weighted by Gasteiger charge is 2.32. The van der Waals surface area contributed by atoms with Gasteiger partial charge in [-0.1, -0.05) is 32.1 Å². The molecule has 0 aromatic rings. The van der Waals surface area contributed by atoms with E-state index in [-0.39, 0.29) is 12.0 Å². The highest BCUT2D eigenvalue weighted by molar-refractivity contribution is 5.70. The number of morpholine rings is 1. The van der Waals surface area contributed by atoms with E-state index in [1.807, 2.05) is 0 Å². The van der Waals surface area contributed by atoms with Crippen LogP contribution in [0.25, 0.3) is 0 Å². The highest BCUT2D eigenvalue weighted by Crippen LogP contribution is 2.31. The quantitative estimate of drug-likeness (QED) is 0.785. The van der Waals surface area contributed by atoms with Gasteiger partial charge in [0.05, 0.1) is 18.6 Å². The minimum Gasteiger partial charge on any atom is -0.481 e. The summed E-state index contributed by atoms with van der Waals surface area (Å²) in [4.78, 5) is 11.4. The van der Waals surface area contributed by atoms with Crippen molar-refractivity contribution in [1.82, 2.24) is 5.32 Å². The molecule has 4 heteroatoms. The molecule has 2 fully saturated rings.